The number of fused-ring (bicyclic) bond motifs is 2. The zero-order valence-corrected chi connectivity index (χ0v) is 26.5. The molecule has 0 saturated carbocycles. The molecule has 8 heteroatoms. The third-order valence-corrected chi connectivity index (χ3v) is 9.71. The van der Waals surface area contributed by atoms with Crippen molar-refractivity contribution in [2.75, 3.05) is 0 Å². The maximum absolute atomic E-state index is 13.7. The van der Waals surface area contributed by atoms with Crippen LogP contribution in [0, 0.1) is 0 Å². The molecular formula is C37H26BrNO5S. The first kappa shape index (κ1) is 28.8. The van der Waals surface area contributed by atoms with E-state index in [4.69, 9.17) is 8.60 Å². The Bertz CT molecular complexity index is 2320. The topological polar surface area (TPSA) is 78.5 Å². The summed E-state index contributed by atoms with van der Waals surface area (Å²) in [7, 11) is -2.40. The van der Waals surface area contributed by atoms with Crippen molar-refractivity contribution in [3.05, 3.63) is 165 Å². The van der Waals surface area contributed by atoms with Gasteiger partial charge < -0.3 is 13.2 Å². The monoisotopic (exact) mass is 675 g/mol. The smallest absolute Gasteiger partial charge is 0.346 e. The highest BCUT2D eigenvalue weighted by atomic mass is 79.9. The molecule has 7 rings (SSSR count). The highest BCUT2D eigenvalue weighted by Crippen LogP contribution is 2.48. The van der Waals surface area contributed by atoms with Crippen LogP contribution in [0.4, 0.5) is 0 Å². The van der Waals surface area contributed by atoms with E-state index in [1.165, 1.54) is 12.1 Å². The van der Waals surface area contributed by atoms with Gasteiger partial charge in [0.25, 0.3) is 0 Å². The Morgan fingerprint density at radius 1 is 0.689 bits per heavy atom. The minimum absolute atomic E-state index is 0.0803. The lowest BCUT2D eigenvalue weighted by Crippen LogP contribution is -2.14. The lowest BCUT2D eigenvalue weighted by atomic mass is 9.84. The molecule has 2 aromatic heterocycles. The molecule has 0 bridgehead atoms. The van der Waals surface area contributed by atoms with Gasteiger partial charge in [0.1, 0.15) is 4.90 Å². The first-order valence-corrected chi connectivity index (χ1v) is 16.5. The predicted molar refractivity (Wildman–Crippen MR) is 180 cm³/mol. The quantitative estimate of drug-likeness (QED) is 0.158. The summed E-state index contributed by atoms with van der Waals surface area (Å²) in [5, 5.41) is 1.69. The van der Waals surface area contributed by atoms with Crippen LogP contribution in [-0.4, -0.2) is 13.0 Å². The van der Waals surface area contributed by atoms with Crippen molar-refractivity contribution in [2.45, 2.75) is 10.8 Å². The van der Waals surface area contributed by atoms with E-state index in [2.05, 4.69) is 44.8 Å². The third-order valence-electron chi connectivity index (χ3n) is 8.02. The van der Waals surface area contributed by atoms with Crippen LogP contribution in [-0.2, 0) is 17.2 Å². The van der Waals surface area contributed by atoms with Crippen LogP contribution >= 0.6 is 15.9 Å². The molecule has 2 heterocycles. The molecule has 0 spiro atoms. The van der Waals surface area contributed by atoms with E-state index in [0.29, 0.717) is 26.4 Å². The number of aryl methyl sites for hydroxylation is 1. The fourth-order valence-electron chi connectivity index (χ4n) is 6.06. The van der Waals surface area contributed by atoms with Gasteiger partial charge in [0.05, 0.1) is 10.9 Å². The number of rotatable bonds is 7. The molecule has 5 aromatic carbocycles. The number of benzene rings is 5. The summed E-state index contributed by atoms with van der Waals surface area (Å²) in [4.78, 5) is 13.3. The van der Waals surface area contributed by atoms with Gasteiger partial charge in [-0.05, 0) is 41.5 Å². The Kier molecular flexibility index (Phi) is 7.39. The molecule has 6 nitrogen and oxygen atoms in total. The second kappa shape index (κ2) is 11.5. The highest BCUT2D eigenvalue weighted by molar-refractivity contribution is 9.10. The van der Waals surface area contributed by atoms with Crippen LogP contribution in [0.5, 0.6) is 5.95 Å². The number of hydrogen-bond donors (Lipinski definition) is 0. The van der Waals surface area contributed by atoms with Gasteiger partial charge in [0.15, 0.2) is 0 Å². The summed E-state index contributed by atoms with van der Waals surface area (Å²) in [6, 6.07) is 41.5. The normalized spacial score (nSPS) is 11.8. The fraction of sp³-hybridized carbons (Fsp3) is 0.0541. The van der Waals surface area contributed by atoms with Crippen molar-refractivity contribution in [3.63, 3.8) is 0 Å². The van der Waals surface area contributed by atoms with E-state index in [9.17, 15) is 13.2 Å². The predicted octanol–water partition coefficient (Wildman–Crippen LogP) is 8.66. The third kappa shape index (κ3) is 5.16. The van der Waals surface area contributed by atoms with Crippen molar-refractivity contribution < 1.29 is 17.0 Å². The molecule has 0 amide bonds. The number of nitrogens with zero attached hydrogens (tertiary/aromatic N) is 1. The van der Waals surface area contributed by atoms with Crippen molar-refractivity contribution in [1.82, 2.24) is 4.57 Å². The number of para-hydroxylation sites is 1. The summed E-state index contributed by atoms with van der Waals surface area (Å²) < 4.78 is 41.7. The van der Waals surface area contributed by atoms with Gasteiger partial charge in [-0.3, -0.25) is 0 Å². The molecule has 0 aliphatic rings. The molecular weight excluding hydrogens is 650 g/mol. The average Bonchev–Trinajstić information content (AvgIpc) is 3.33. The van der Waals surface area contributed by atoms with Gasteiger partial charge in [-0.15, -0.1) is 0 Å². The second-order valence-electron chi connectivity index (χ2n) is 10.7. The fourth-order valence-corrected chi connectivity index (χ4v) is 7.54. The molecule has 0 N–H and O–H groups in total. The molecule has 0 atom stereocenters. The molecule has 0 aliphatic carbocycles. The van der Waals surface area contributed by atoms with Crippen molar-refractivity contribution in [3.8, 4) is 17.1 Å². The molecule has 222 valence electrons. The molecule has 0 aliphatic heterocycles. The Morgan fingerprint density at radius 3 is 1.91 bits per heavy atom. The lowest BCUT2D eigenvalue weighted by molar-refractivity contribution is 0.364. The number of hydrogen-bond acceptors (Lipinski definition) is 5. The number of aromatic nitrogens is 1. The Balaban J connectivity index is 1.61. The van der Waals surface area contributed by atoms with E-state index < -0.39 is 21.7 Å². The number of halogens is 1. The van der Waals surface area contributed by atoms with Crippen LogP contribution in [0.3, 0.4) is 0 Å². The van der Waals surface area contributed by atoms with E-state index in [0.717, 1.165) is 27.7 Å². The van der Waals surface area contributed by atoms with Crippen LogP contribution in [0.25, 0.3) is 32.8 Å². The minimum atomic E-state index is -4.41. The second-order valence-corrected chi connectivity index (χ2v) is 13.1. The molecule has 0 fully saturated rings. The zero-order chi connectivity index (χ0) is 31.1. The molecule has 0 unspecified atom stereocenters. The van der Waals surface area contributed by atoms with Crippen LogP contribution in [0.2, 0.25) is 0 Å². The maximum atomic E-state index is 13.7. The largest absolute Gasteiger partial charge is 0.388 e. The Morgan fingerprint density at radius 2 is 1.27 bits per heavy atom. The van der Waals surface area contributed by atoms with Gasteiger partial charge >= 0.3 is 21.7 Å². The molecule has 45 heavy (non-hydrogen) atoms. The van der Waals surface area contributed by atoms with Gasteiger partial charge in [-0.1, -0.05) is 119 Å². The van der Waals surface area contributed by atoms with E-state index >= 15 is 0 Å². The summed E-state index contributed by atoms with van der Waals surface area (Å²) in [6.45, 7) is 0. The molecule has 0 radical (unpaired) electrons. The van der Waals surface area contributed by atoms with E-state index in [1.54, 1.807) is 30.3 Å². The Labute approximate surface area is 268 Å². The van der Waals surface area contributed by atoms with Gasteiger partial charge in [-0.2, -0.15) is 8.42 Å². The van der Waals surface area contributed by atoms with Gasteiger partial charge in [-0.25, -0.2) is 4.79 Å². The zero-order valence-electron chi connectivity index (χ0n) is 24.1. The van der Waals surface area contributed by atoms with Crippen molar-refractivity contribution in [2.24, 2.45) is 7.05 Å². The van der Waals surface area contributed by atoms with Crippen molar-refractivity contribution >= 4 is 47.7 Å². The van der Waals surface area contributed by atoms with Crippen LogP contribution in [0.15, 0.2) is 152 Å². The summed E-state index contributed by atoms with van der Waals surface area (Å²) in [6.07, 6.45) is 0. The minimum Gasteiger partial charge on any atom is -0.388 e. The standard InChI is InChI=1S/C37H26BrNO5S/c1-39-31-22-11-10-21-30(31)33(35(39)32(24-13-4-2-5-14-24)25-15-6-3-7-16-25)34-28-19-8-9-20-29(28)36(40)43-37(34)44-45(41,42)27-18-12-17-26(38)23-27/h2-23,32H,1H3. The summed E-state index contributed by atoms with van der Waals surface area (Å²) in [5.74, 6) is -0.656. The van der Waals surface area contributed by atoms with Crippen LogP contribution < -0.4 is 9.81 Å². The Hall–Kier alpha value is -4.92. The summed E-state index contributed by atoms with van der Waals surface area (Å²) in [5.41, 5.74) is 4.30. The summed E-state index contributed by atoms with van der Waals surface area (Å²) >= 11 is 3.34. The van der Waals surface area contributed by atoms with Gasteiger partial charge in [0, 0.05) is 45.0 Å². The highest BCUT2D eigenvalue weighted by Gasteiger charge is 2.32. The average molecular weight is 677 g/mol. The van der Waals surface area contributed by atoms with Gasteiger partial charge in [0.2, 0.25) is 0 Å². The molecule has 7 aromatic rings. The first-order valence-electron chi connectivity index (χ1n) is 14.3. The maximum Gasteiger partial charge on any atom is 0.346 e. The van der Waals surface area contributed by atoms with Crippen LogP contribution in [0.1, 0.15) is 22.7 Å². The molecule has 0 saturated heterocycles. The van der Waals surface area contributed by atoms with E-state index in [1.807, 2.05) is 73.8 Å². The SMILES string of the molecule is Cn1c(C(c2ccccc2)c2ccccc2)c(-c2c(OS(=O)(=O)c3cccc(Br)c3)oc(=O)c3ccccc23)c2ccccc21. The van der Waals surface area contributed by atoms with Crippen molar-refractivity contribution in [1.29, 1.82) is 0 Å². The first-order chi connectivity index (χ1) is 21.8. The lowest BCUT2D eigenvalue weighted by Gasteiger charge is -2.23. The van der Waals surface area contributed by atoms with E-state index in [-0.39, 0.29) is 10.8 Å².